The van der Waals surface area contributed by atoms with E-state index in [0.29, 0.717) is 31.1 Å². The minimum Gasteiger partial charge on any atom is -0.356 e. The van der Waals surface area contributed by atoms with Gasteiger partial charge in [-0.15, -0.1) is 0 Å². The number of hydrogen-bond donors (Lipinski definition) is 3. The van der Waals surface area contributed by atoms with Crippen LogP contribution in [0.4, 0.5) is 5.95 Å². The number of carbonyl (C=O) groups is 2. The SMILES string of the molecule is O=C(CCCNC(=O)c1cn2c(n1)NCCC2)NC1CC1. The third-order valence-corrected chi connectivity index (χ3v) is 3.68. The van der Waals surface area contributed by atoms with Gasteiger partial charge in [0.25, 0.3) is 5.91 Å². The lowest BCUT2D eigenvalue weighted by Crippen LogP contribution is -2.28. The molecule has 21 heavy (non-hydrogen) atoms. The third-order valence-electron chi connectivity index (χ3n) is 3.68. The second kappa shape index (κ2) is 6.15. The Kier molecular flexibility index (Phi) is 4.08. The molecule has 0 spiro atoms. The second-order valence-electron chi connectivity index (χ2n) is 5.62. The number of hydrogen-bond acceptors (Lipinski definition) is 4. The summed E-state index contributed by atoms with van der Waals surface area (Å²) in [5, 5.41) is 8.90. The van der Waals surface area contributed by atoms with Crippen LogP contribution in [0.25, 0.3) is 0 Å². The van der Waals surface area contributed by atoms with Crippen molar-refractivity contribution in [2.45, 2.75) is 44.7 Å². The van der Waals surface area contributed by atoms with Gasteiger partial charge in [0, 0.05) is 38.3 Å². The fraction of sp³-hybridized carbons (Fsp3) is 0.643. The van der Waals surface area contributed by atoms with Crippen LogP contribution in [-0.2, 0) is 11.3 Å². The number of aromatic nitrogens is 2. The maximum Gasteiger partial charge on any atom is 0.271 e. The number of aryl methyl sites for hydroxylation is 1. The molecule has 1 aromatic rings. The van der Waals surface area contributed by atoms with E-state index in [1.54, 1.807) is 6.20 Å². The molecule has 1 fully saturated rings. The van der Waals surface area contributed by atoms with Gasteiger partial charge in [-0.1, -0.05) is 0 Å². The molecule has 0 bridgehead atoms. The molecule has 2 aliphatic rings. The average Bonchev–Trinajstić information content (AvgIpc) is 3.18. The van der Waals surface area contributed by atoms with E-state index in [9.17, 15) is 9.59 Å². The van der Waals surface area contributed by atoms with Gasteiger partial charge in [-0.25, -0.2) is 4.98 Å². The molecule has 0 atom stereocenters. The van der Waals surface area contributed by atoms with Crippen molar-refractivity contribution in [3.63, 3.8) is 0 Å². The van der Waals surface area contributed by atoms with E-state index >= 15 is 0 Å². The summed E-state index contributed by atoms with van der Waals surface area (Å²) < 4.78 is 1.96. The van der Waals surface area contributed by atoms with E-state index in [1.807, 2.05) is 4.57 Å². The Morgan fingerprint density at radius 1 is 1.43 bits per heavy atom. The van der Waals surface area contributed by atoms with Crippen LogP contribution in [0.2, 0.25) is 0 Å². The molecule has 1 aromatic heterocycles. The van der Waals surface area contributed by atoms with Gasteiger partial charge in [-0.2, -0.15) is 0 Å². The average molecular weight is 291 g/mol. The summed E-state index contributed by atoms with van der Waals surface area (Å²) in [5.41, 5.74) is 0.432. The Morgan fingerprint density at radius 3 is 3.05 bits per heavy atom. The number of nitrogens with zero attached hydrogens (tertiary/aromatic N) is 2. The summed E-state index contributed by atoms with van der Waals surface area (Å²) in [5.74, 6) is 0.657. The summed E-state index contributed by atoms with van der Waals surface area (Å²) in [6.07, 6.45) is 6.12. The van der Waals surface area contributed by atoms with Crippen LogP contribution >= 0.6 is 0 Å². The molecule has 1 aliphatic heterocycles. The maximum atomic E-state index is 12.0. The van der Waals surface area contributed by atoms with Gasteiger partial charge in [0.2, 0.25) is 11.9 Å². The number of nitrogens with one attached hydrogen (secondary N) is 3. The predicted octanol–water partition coefficient (Wildman–Crippen LogP) is 0.487. The first kappa shape index (κ1) is 13.9. The van der Waals surface area contributed by atoms with Gasteiger partial charge in [0.1, 0.15) is 5.69 Å². The number of rotatable bonds is 6. The van der Waals surface area contributed by atoms with Crippen molar-refractivity contribution in [3.8, 4) is 0 Å². The summed E-state index contributed by atoms with van der Waals surface area (Å²) in [6, 6.07) is 0.399. The number of fused-ring (bicyclic) bond motifs is 1. The number of carbonyl (C=O) groups excluding carboxylic acids is 2. The van der Waals surface area contributed by atoms with Crippen molar-refractivity contribution in [2.24, 2.45) is 0 Å². The Hall–Kier alpha value is -2.05. The van der Waals surface area contributed by atoms with E-state index in [-0.39, 0.29) is 11.8 Å². The van der Waals surface area contributed by atoms with Gasteiger partial charge in [-0.05, 0) is 25.7 Å². The van der Waals surface area contributed by atoms with Gasteiger partial charge < -0.3 is 20.5 Å². The van der Waals surface area contributed by atoms with Crippen LogP contribution < -0.4 is 16.0 Å². The quantitative estimate of drug-likeness (QED) is 0.666. The highest BCUT2D eigenvalue weighted by atomic mass is 16.2. The summed E-state index contributed by atoms with van der Waals surface area (Å²) in [6.45, 7) is 2.28. The van der Waals surface area contributed by atoms with Crippen LogP contribution in [0.5, 0.6) is 0 Å². The largest absolute Gasteiger partial charge is 0.356 e. The fourth-order valence-corrected chi connectivity index (χ4v) is 2.36. The van der Waals surface area contributed by atoms with Crippen molar-refractivity contribution >= 4 is 17.8 Å². The van der Waals surface area contributed by atoms with Crippen molar-refractivity contribution in [1.82, 2.24) is 20.2 Å². The van der Waals surface area contributed by atoms with E-state index < -0.39 is 0 Å². The van der Waals surface area contributed by atoms with Gasteiger partial charge in [-0.3, -0.25) is 9.59 Å². The summed E-state index contributed by atoms with van der Waals surface area (Å²) in [4.78, 5) is 27.7. The molecule has 1 saturated carbocycles. The maximum absolute atomic E-state index is 12.0. The first-order valence-electron chi connectivity index (χ1n) is 7.61. The van der Waals surface area contributed by atoms with E-state index in [4.69, 9.17) is 0 Å². The normalized spacial score (nSPS) is 16.8. The zero-order chi connectivity index (χ0) is 14.7. The molecular formula is C14H21N5O2. The van der Waals surface area contributed by atoms with Crippen LogP contribution in [0.3, 0.4) is 0 Å². The Bertz CT molecular complexity index is 512. The molecule has 3 rings (SSSR count). The topological polar surface area (TPSA) is 88.0 Å². The molecule has 0 saturated heterocycles. The zero-order valence-electron chi connectivity index (χ0n) is 12.0. The van der Waals surface area contributed by atoms with Crippen molar-refractivity contribution < 1.29 is 9.59 Å². The van der Waals surface area contributed by atoms with Crippen LogP contribution in [0.15, 0.2) is 6.20 Å². The van der Waals surface area contributed by atoms with Gasteiger partial charge in [0.05, 0.1) is 0 Å². The summed E-state index contributed by atoms with van der Waals surface area (Å²) in [7, 11) is 0. The highest BCUT2D eigenvalue weighted by Crippen LogP contribution is 2.18. The van der Waals surface area contributed by atoms with E-state index in [2.05, 4.69) is 20.9 Å². The van der Waals surface area contributed by atoms with Gasteiger partial charge >= 0.3 is 0 Å². The Morgan fingerprint density at radius 2 is 2.29 bits per heavy atom. The molecule has 114 valence electrons. The molecule has 0 unspecified atom stereocenters. The molecule has 2 heterocycles. The molecular weight excluding hydrogens is 270 g/mol. The number of amides is 2. The second-order valence-corrected chi connectivity index (χ2v) is 5.62. The molecule has 3 N–H and O–H groups in total. The lowest BCUT2D eigenvalue weighted by atomic mass is 10.3. The molecule has 7 heteroatoms. The van der Waals surface area contributed by atoms with Crippen molar-refractivity contribution in [1.29, 1.82) is 0 Å². The van der Waals surface area contributed by atoms with E-state index in [0.717, 1.165) is 38.3 Å². The highest BCUT2D eigenvalue weighted by molar-refractivity contribution is 5.92. The van der Waals surface area contributed by atoms with Crippen molar-refractivity contribution in [2.75, 3.05) is 18.4 Å². The van der Waals surface area contributed by atoms with Crippen LogP contribution in [-0.4, -0.2) is 40.5 Å². The lowest BCUT2D eigenvalue weighted by molar-refractivity contribution is -0.121. The Balaban J connectivity index is 1.39. The Labute approximate surface area is 123 Å². The van der Waals surface area contributed by atoms with Crippen LogP contribution in [0.1, 0.15) is 42.6 Å². The lowest BCUT2D eigenvalue weighted by Gasteiger charge is -2.14. The monoisotopic (exact) mass is 291 g/mol. The standard InChI is InChI=1S/C14H21N5O2/c20-12(17-10-4-5-10)3-1-6-15-13(21)11-9-19-8-2-7-16-14(19)18-11/h9-10H,1-8H2,(H,15,21)(H,16,18)(H,17,20). The minimum atomic E-state index is -0.179. The molecule has 2 amide bonds. The number of anilines is 1. The first-order valence-corrected chi connectivity index (χ1v) is 7.61. The molecule has 7 nitrogen and oxygen atoms in total. The zero-order valence-corrected chi connectivity index (χ0v) is 12.0. The molecule has 0 radical (unpaired) electrons. The number of imidazole rings is 1. The minimum absolute atomic E-state index is 0.0772. The molecule has 0 aromatic carbocycles. The first-order chi connectivity index (χ1) is 10.2. The van der Waals surface area contributed by atoms with E-state index in [1.165, 1.54) is 0 Å². The molecule has 1 aliphatic carbocycles. The van der Waals surface area contributed by atoms with Crippen molar-refractivity contribution in [3.05, 3.63) is 11.9 Å². The summed E-state index contributed by atoms with van der Waals surface area (Å²) >= 11 is 0. The fourth-order valence-electron chi connectivity index (χ4n) is 2.36. The van der Waals surface area contributed by atoms with Crippen LogP contribution in [0, 0.1) is 0 Å². The third kappa shape index (κ3) is 3.74. The predicted molar refractivity (Wildman–Crippen MR) is 78.1 cm³/mol. The highest BCUT2D eigenvalue weighted by Gasteiger charge is 2.22. The van der Waals surface area contributed by atoms with Gasteiger partial charge in [0.15, 0.2) is 0 Å². The smallest absolute Gasteiger partial charge is 0.271 e.